The van der Waals surface area contributed by atoms with Gasteiger partial charge in [-0.15, -0.1) is 0 Å². The lowest BCUT2D eigenvalue weighted by Gasteiger charge is -2.05. The summed E-state index contributed by atoms with van der Waals surface area (Å²) >= 11 is 2.02. The molecule has 0 aliphatic carbocycles. The van der Waals surface area contributed by atoms with Gasteiger partial charge in [0.2, 0.25) is 0 Å². The predicted octanol–water partition coefficient (Wildman–Crippen LogP) is 2.07. The van der Waals surface area contributed by atoms with Crippen molar-refractivity contribution < 1.29 is 0 Å². The summed E-state index contributed by atoms with van der Waals surface area (Å²) in [6.45, 7) is 2.21. The average Bonchev–Trinajstić information content (AvgIpc) is 1.69. The van der Waals surface area contributed by atoms with Gasteiger partial charge in [0.25, 0.3) is 0 Å². The monoisotopic (exact) mass is 114 g/mol. The van der Waals surface area contributed by atoms with Gasteiger partial charge in [0.1, 0.15) is 0 Å². The fourth-order valence-corrected chi connectivity index (χ4v) is 1.66. The molecule has 1 aliphatic heterocycles. The van der Waals surface area contributed by atoms with Crippen LogP contribution in [-0.4, -0.2) is 11.5 Å². The molecule has 0 saturated carbocycles. The molecule has 0 saturated heterocycles. The van der Waals surface area contributed by atoms with Gasteiger partial charge in [-0.1, -0.05) is 11.6 Å². The summed E-state index contributed by atoms with van der Waals surface area (Å²) in [5.41, 5.74) is 1.57. The molecular formula is C6H10S. The van der Waals surface area contributed by atoms with E-state index in [1.165, 1.54) is 17.9 Å². The maximum Gasteiger partial charge on any atom is 0.0115 e. The summed E-state index contributed by atoms with van der Waals surface area (Å²) in [7, 11) is 0. The third-order valence-electron chi connectivity index (χ3n) is 1.19. The fourth-order valence-electron chi connectivity index (χ4n) is 0.620. The highest BCUT2D eigenvalue weighted by Gasteiger charge is 1.95. The molecule has 7 heavy (non-hydrogen) atoms. The van der Waals surface area contributed by atoms with Crippen LogP contribution >= 0.6 is 11.8 Å². The number of hydrogen-bond acceptors (Lipinski definition) is 1. The van der Waals surface area contributed by atoms with E-state index in [2.05, 4.69) is 13.0 Å². The van der Waals surface area contributed by atoms with Crippen LogP contribution in [0.4, 0.5) is 0 Å². The van der Waals surface area contributed by atoms with Gasteiger partial charge in [-0.3, -0.25) is 0 Å². The zero-order valence-electron chi connectivity index (χ0n) is 4.61. The molecule has 1 heteroatoms. The Labute approximate surface area is 49.0 Å². The van der Waals surface area contributed by atoms with Crippen molar-refractivity contribution in [1.29, 1.82) is 0 Å². The van der Waals surface area contributed by atoms with E-state index in [-0.39, 0.29) is 0 Å². The molecule has 1 aliphatic rings. The lowest BCUT2D eigenvalue weighted by Crippen LogP contribution is -1.90. The van der Waals surface area contributed by atoms with Gasteiger partial charge < -0.3 is 0 Å². The zero-order chi connectivity index (χ0) is 5.11. The lowest BCUT2D eigenvalue weighted by molar-refractivity contribution is 1.09. The van der Waals surface area contributed by atoms with Crippen molar-refractivity contribution in [2.75, 3.05) is 11.5 Å². The van der Waals surface area contributed by atoms with E-state index in [4.69, 9.17) is 0 Å². The molecule has 1 heterocycles. The molecule has 0 aromatic rings. The first kappa shape index (κ1) is 5.23. The number of thioether (sulfide) groups is 1. The number of hydrogen-bond donors (Lipinski definition) is 0. The third-order valence-corrected chi connectivity index (χ3v) is 2.09. The summed E-state index contributed by atoms with van der Waals surface area (Å²) in [4.78, 5) is 0. The minimum Gasteiger partial charge on any atom is -0.158 e. The van der Waals surface area contributed by atoms with Gasteiger partial charge in [0, 0.05) is 5.75 Å². The van der Waals surface area contributed by atoms with Crippen LogP contribution in [0.25, 0.3) is 0 Å². The largest absolute Gasteiger partial charge is 0.158 e. The molecule has 0 fully saturated rings. The summed E-state index contributed by atoms with van der Waals surface area (Å²) in [5, 5.41) is 0. The smallest absolute Gasteiger partial charge is 0.0115 e. The van der Waals surface area contributed by atoms with Gasteiger partial charge in [-0.25, -0.2) is 0 Å². The minimum absolute atomic E-state index is 1.24. The van der Waals surface area contributed by atoms with Crippen molar-refractivity contribution in [2.24, 2.45) is 0 Å². The van der Waals surface area contributed by atoms with E-state index in [0.29, 0.717) is 0 Å². The van der Waals surface area contributed by atoms with E-state index in [1.807, 2.05) is 11.8 Å². The average molecular weight is 114 g/mol. The second kappa shape index (κ2) is 2.41. The van der Waals surface area contributed by atoms with Crippen molar-refractivity contribution >= 4 is 11.8 Å². The number of rotatable bonds is 0. The summed E-state index contributed by atoms with van der Waals surface area (Å²) in [6, 6.07) is 0. The molecule has 0 aromatic heterocycles. The van der Waals surface area contributed by atoms with Gasteiger partial charge >= 0.3 is 0 Å². The highest BCUT2D eigenvalue weighted by atomic mass is 32.2. The first-order valence-electron chi connectivity index (χ1n) is 2.63. The van der Waals surface area contributed by atoms with Crippen LogP contribution in [-0.2, 0) is 0 Å². The molecule has 0 nitrogen and oxygen atoms in total. The Morgan fingerprint density at radius 1 is 1.71 bits per heavy atom. The van der Waals surface area contributed by atoms with Crippen LogP contribution in [0.2, 0.25) is 0 Å². The van der Waals surface area contributed by atoms with Gasteiger partial charge in [-0.2, -0.15) is 11.8 Å². The van der Waals surface area contributed by atoms with Crippen LogP contribution in [0.15, 0.2) is 11.6 Å². The Balaban J connectivity index is 2.40. The van der Waals surface area contributed by atoms with Gasteiger partial charge in [-0.05, 0) is 19.1 Å². The van der Waals surface area contributed by atoms with E-state index in [9.17, 15) is 0 Å². The predicted molar refractivity (Wildman–Crippen MR) is 35.7 cm³/mol. The maximum absolute atomic E-state index is 2.31. The molecule has 1 rings (SSSR count). The van der Waals surface area contributed by atoms with Crippen molar-refractivity contribution in [3.8, 4) is 0 Å². The Hall–Kier alpha value is 0.0900. The van der Waals surface area contributed by atoms with Gasteiger partial charge in [0.15, 0.2) is 0 Å². The van der Waals surface area contributed by atoms with Crippen molar-refractivity contribution in [1.82, 2.24) is 0 Å². The van der Waals surface area contributed by atoms with Crippen LogP contribution in [0, 0.1) is 0 Å². The van der Waals surface area contributed by atoms with E-state index < -0.39 is 0 Å². The van der Waals surface area contributed by atoms with E-state index >= 15 is 0 Å². The fraction of sp³-hybridized carbons (Fsp3) is 0.667. The third kappa shape index (κ3) is 1.56. The summed E-state index contributed by atoms with van der Waals surface area (Å²) in [6.07, 6.45) is 3.62. The number of allylic oxidation sites excluding steroid dienone is 1. The normalized spacial score (nSPS) is 21.6. The molecule has 0 unspecified atom stereocenters. The lowest BCUT2D eigenvalue weighted by atomic mass is 10.2. The summed E-state index contributed by atoms with van der Waals surface area (Å²) in [5.74, 6) is 2.58. The molecular weight excluding hydrogens is 104 g/mol. The van der Waals surface area contributed by atoms with Crippen molar-refractivity contribution in [3.05, 3.63) is 11.6 Å². The second-order valence-electron chi connectivity index (χ2n) is 1.88. The molecule has 0 bridgehead atoms. The molecule has 0 N–H and O–H groups in total. The van der Waals surface area contributed by atoms with Gasteiger partial charge in [0.05, 0.1) is 0 Å². The Morgan fingerprint density at radius 2 is 2.57 bits per heavy atom. The van der Waals surface area contributed by atoms with Crippen LogP contribution in [0.1, 0.15) is 13.3 Å². The Kier molecular flexibility index (Phi) is 1.80. The van der Waals surface area contributed by atoms with Crippen molar-refractivity contribution in [3.63, 3.8) is 0 Å². The topological polar surface area (TPSA) is 0 Å². The quantitative estimate of drug-likeness (QED) is 0.434. The molecule has 40 valence electrons. The highest BCUT2D eigenvalue weighted by Crippen LogP contribution is 2.15. The van der Waals surface area contributed by atoms with Crippen LogP contribution in [0.3, 0.4) is 0 Å². The summed E-state index contributed by atoms with van der Waals surface area (Å²) < 4.78 is 0. The molecule has 0 atom stereocenters. The first-order valence-corrected chi connectivity index (χ1v) is 3.78. The first-order chi connectivity index (χ1) is 3.39. The standard InChI is InChI=1S/C6H10S/c1-6-2-4-7-5-3-6/h2H,3-5H2,1H3. The van der Waals surface area contributed by atoms with Crippen molar-refractivity contribution in [2.45, 2.75) is 13.3 Å². The van der Waals surface area contributed by atoms with Crippen LogP contribution in [0.5, 0.6) is 0 Å². The Bertz CT molecular complexity index is 84.2. The SMILES string of the molecule is CC1=CCSCC1. The Morgan fingerprint density at radius 3 is 2.86 bits per heavy atom. The molecule has 0 aromatic carbocycles. The van der Waals surface area contributed by atoms with Crippen LogP contribution < -0.4 is 0 Å². The minimum atomic E-state index is 1.24. The molecule has 0 amide bonds. The second-order valence-corrected chi connectivity index (χ2v) is 3.03. The van der Waals surface area contributed by atoms with E-state index in [0.717, 1.165) is 0 Å². The molecule has 0 spiro atoms. The highest BCUT2D eigenvalue weighted by molar-refractivity contribution is 7.99. The zero-order valence-corrected chi connectivity index (χ0v) is 5.42. The maximum atomic E-state index is 2.31. The van der Waals surface area contributed by atoms with E-state index in [1.54, 1.807) is 5.57 Å². The molecule has 0 radical (unpaired) electrons.